The molecule has 0 aliphatic rings. The Morgan fingerprint density at radius 3 is 2.52 bits per heavy atom. The van der Waals surface area contributed by atoms with Gasteiger partial charge in [-0.2, -0.15) is 13.2 Å². The largest absolute Gasteiger partial charge is 0.466 e. The highest BCUT2D eigenvalue weighted by Gasteiger charge is 2.33. The summed E-state index contributed by atoms with van der Waals surface area (Å²) in [5, 5.41) is 2.93. The quantitative estimate of drug-likeness (QED) is 0.779. The van der Waals surface area contributed by atoms with Crippen molar-refractivity contribution in [3.05, 3.63) is 57.7 Å². The van der Waals surface area contributed by atoms with E-state index >= 15 is 0 Å². The molecule has 2 nitrogen and oxygen atoms in total. The summed E-state index contributed by atoms with van der Waals surface area (Å²) < 4.78 is 58.2. The van der Waals surface area contributed by atoms with Gasteiger partial charge in [0.25, 0.3) is 0 Å². The maximum absolute atomic E-state index is 14.0. The second-order valence-electron chi connectivity index (χ2n) is 4.36. The molecule has 2 aromatic rings. The van der Waals surface area contributed by atoms with Gasteiger partial charge in [-0.1, -0.05) is 6.92 Å². The predicted octanol–water partition coefficient (Wildman–Crippen LogP) is 4.90. The van der Waals surface area contributed by atoms with E-state index in [2.05, 4.69) is 21.2 Å². The van der Waals surface area contributed by atoms with Crippen LogP contribution in [-0.4, -0.2) is 6.54 Å². The molecule has 1 aromatic carbocycles. The summed E-state index contributed by atoms with van der Waals surface area (Å²) in [4.78, 5) is 0. The lowest BCUT2D eigenvalue weighted by atomic mass is 10.0. The molecule has 0 saturated carbocycles. The van der Waals surface area contributed by atoms with Gasteiger partial charge in [0, 0.05) is 5.56 Å². The van der Waals surface area contributed by atoms with Crippen molar-refractivity contribution in [3.63, 3.8) is 0 Å². The van der Waals surface area contributed by atoms with Crippen molar-refractivity contribution in [2.75, 3.05) is 6.54 Å². The Morgan fingerprint density at radius 1 is 1.29 bits per heavy atom. The number of halogens is 5. The molecule has 1 unspecified atom stereocenters. The van der Waals surface area contributed by atoms with Gasteiger partial charge in [0.2, 0.25) is 0 Å². The summed E-state index contributed by atoms with van der Waals surface area (Å²) in [6.07, 6.45) is -3.14. The first-order valence-corrected chi connectivity index (χ1v) is 6.96. The van der Waals surface area contributed by atoms with E-state index in [9.17, 15) is 17.6 Å². The Balaban J connectivity index is 2.52. The summed E-state index contributed by atoms with van der Waals surface area (Å²) in [7, 11) is 0. The zero-order valence-corrected chi connectivity index (χ0v) is 12.6. The van der Waals surface area contributed by atoms with Crippen LogP contribution >= 0.6 is 15.9 Å². The molecule has 0 amide bonds. The number of hydrogen-bond acceptors (Lipinski definition) is 2. The Bertz CT molecular complexity index is 624. The van der Waals surface area contributed by atoms with Crippen LogP contribution in [0.15, 0.2) is 39.4 Å². The lowest BCUT2D eigenvalue weighted by Crippen LogP contribution is -2.23. The summed E-state index contributed by atoms with van der Waals surface area (Å²) in [5.74, 6) is -0.396. The van der Waals surface area contributed by atoms with Gasteiger partial charge in [-0.3, -0.25) is 0 Å². The van der Waals surface area contributed by atoms with Gasteiger partial charge < -0.3 is 9.73 Å². The molecule has 0 saturated heterocycles. The lowest BCUT2D eigenvalue weighted by Gasteiger charge is -2.19. The standard InChI is InChI=1S/C14H12BrF4NO/c1-2-20-12(13-10(15)5-6-21-13)9-7-8(14(17,18)19)3-4-11(9)16/h3-7,12,20H,2H2,1H3. The van der Waals surface area contributed by atoms with Gasteiger partial charge in [-0.15, -0.1) is 0 Å². The molecule has 0 spiro atoms. The molecule has 1 aromatic heterocycles. The topological polar surface area (TPSA) is 25.2 Å². The average Bonchev–Trinajstić information content (AvgIpc) is 2.82. The minimum absolute atomic E-state index is 0.109. The molecule has 0 aliphatic carbocycles. The van der Waals surface area contributed by atoms with Crippen molar-refractivity contribution in [1.29, 1.82) is 0 Å². The van der Waals surface area contributed by atoms with Gasteiger partial charge in [-0.25, -0.2) is 4.39 Å². The molecule has 114 valence electrons. The second-order valence-corrected chi connectivity index (χ2v) is 5.21. The molecule has 2 rings (SSSR count). The first kappa shape index (κ1) is 16.0. The van der Waals surface area contributed by atoms with Crippen LogP contribution < -0.4 is 5.32 Å². The van der Waals surface area contributed by atoms with Crippen LogP contribution in [0.25, 0.3) is 0 Å². The van der Waals surface area contributed by atoms with Crippen molar-refractivity contribution >= 4 is 15.9 Å². The van der Waals surface area contributed by atoms with Gasteiger partial charge in [0.15, 0.2) is 0 Å². The fourth-order valence-corrected chi connectivity index (χ4v) is 2.43. The highest BCUT2D eigenvalue weighted by molar-refractivity contribution is 9.10. The molecule has 0 fully saturated rings. The normalized spacial score (nSPS) is 13.4. The Labute approximate surface area is 127 Å². The number of rotatable bonds is 4. The third-order valence-electron chi connectivity index (χ3n) is 2.95. The van der Waals surface area contributed by atoms with Crippen molar-refractivity contribution in [2.45, 2.75) is 19.1 Å². The predicted molar refractivity (Wildman–Crippen MR) is 73.3 cm³/mol. The first-order chi connectivity index (χ1) is 9.84. The summed E-state index contributed by atoms with van der Waals surface area (Å²) in [6, 6.07) is 3.14. The van der Waals surface area contributed by atoms with Crippen LogP contribution in [0.3, 0.4) is 0 Å². The molecular formula is C14H12BrF4NO. The van der Waals surface area contributed by atoms with E-state index < -0.39 is 23.6 Å². The molecule has 7 heteroatoms. The second kappa shape index (κ2) is 6.19. The van der Waals surface area contributed by atoms with Crippen LogP contribution in [-0.2, 0) is 6.18 Å². The first-order valence-electron chi connectivity index (χ1n) is 6.17. The number of nitrogens with one attached hydrogen (secondary N) is 1. The Kier molecular flexibility index (Phi) is 4.73. The van der Waals surface area contributed by atoms with E-state index in [-0.39, 0.29) is 5.56 Å². The molecule has 1 atom stereocenters. The van der Waals surface area contributed by atoms with Gasteiger partial charge in [-0.05, 0) is 46.7 Å². The van der Waals surface area contributed by atoms with E-state index in [0.29, 0.717) is 16.8 Å². The van der Waals surface area contributed by atoms with Crippen LogP contribution in [0.1, 0.15) is 29.9 Å². The summed E-state index contributed by atoms with van der Waals surface area (Å²) in [5.41, 5.74) is -1.01. The fourth-order valence-electron chi connectivity index (χ4n) is 2.00. The number of furan rings is 1. The van der Waals surface area contributed by atoms with Crippen LogP contribution in [0.2, 0.25) is 0 Å². The monoisotopic (exact) mass is 365 g/mol. The zero-order chi connectivity index (χ0) is 15.6. The SMILES string of the molecule is CCNC(c1cc(C(F)(F)F)ccc1F)c1occc1Br. The smallest absolute Gasteiger partial charge is 0.416 e. The summed E-state index contributed by atoms with van der Waals surface area (Å²) >= 11 is 3.24. The van der Waals surface area contributed by atoms with E-state index in [1.165, 1.54) is 6.26 Å². The van der Waals surface area contributed by atoms with Crippen molar-refractivity contribution in [2.24, 2.45) is 0 Å². The minimum atomic E-state index is -4.53. The van der Waals surface area contributed by atoms with Crippen molar-refractivity contribution < 1.29 is 22.0 Å². The zero-order valence-electron chi connectivity index (χ0n) is 11.0. The van der Waals surface area contributed by atoms with E-state index in [0.717, 1.165) is 18.2 Å². The van der Waals surface area contributed by atoms with Gasteiger partial charge >= 0.3 is 6.18 Å². The third-order valence-corrected chi connectivity index (χ3v) is 3.60. The average molecular weight is 366 g/mol. The number of hydrogen-bond donors (Lipinski definition) is 1. The van der Waals surface area contributed by atoms with Crippen molar-refractivity contribution in [1.82, 2.24) is 5.32 Å². The van der Waals surface area contributed by atoms with E-state index in [4.69, 9.17) is 4.42 Å². The highest BCUT2D eigenvalue weighted by Crippen LogP contribution is 2.35. The third kappa shape index (κ3) is 3.47. The molecule has 0 bridgehead atoms. The van der Waals surface area contributed by atoms with Gasteiger partial charge in [0.05, 0.1) is 22.3 Å². The summed E-state index contributed by atoms with van der Waals surface area (Å²) in [6.45, 7) is 2.21. The van der Waals surface area contributed by atoms with Crippen LogP contribution in [0, 0.1) is 5.82 Å². The highest BCUT2D eigenvalue weighted by atomic mass is 79.9. The molecular weight excluding hydrogens is 354 g/mol. The minimum Gasteiger partial charge on any atom is -0.466 e. The Morgan fingerprint density at radius 2 is 2.00 bits per heavy atom. The number of alkyl halides is 3. The van der Waals surface area contributed by atoms with Crippen LogP contribution in [0.4, 0.5) is 17.6 Å². The molecule has 1 heterocycles. The Hall–Kier alpha value is -1.34. The maximum atomic E-state index is 14.0. The van der Waals surface area contributed by atoms with Crippen molar-refractivity contribution in [3.8, 4) is 0 Å². The fraction of sp³-hybridized carbons (Fsp3) is 0.286. The molecule has 21 heavy (non-hydrogen) atoms. The maximum Gasteiger partial charge on any atom is 0.416 e. The number of benzene rings is 1. The van der Waals surface area contributed by atoms with E-state index in [1.54, 1.807) is 13.0 Å². The molecule has 1 N–H and O–H groups in total. The lowest BCUT2D eigenvalue weighted by molar-refractivity contribution is -0.137. The van der Waals surface area contributed by atoms with Gasteiger partial charge in [0.1, 0.15) is 11.6 Å². The van der Waals surface area contributed by atoms with E-state index in [1.807, 2.05) is 0 Å². The molecule has 0 aliphatic heterocycles. The molecule has 0 radical (unpaired) electrons. The van der Waals surface area contributed by atoms with Crippen LogP contribution in [0.5, 0.6) is 0 Å².